The lowest BCUT2D eigenvalue weighted by atomic mass is 9.91. The molecule has 0 aromatic rings. The molecule has 0 radical (unpaired) electrons. The zero-order valence-corrected chi connectivity index (χ0v) is 16.1. The summed E-state index contributed by atoms with van der Waals surface area (Å²) in [4.78, 5) is 12.0. The van der Waals surface area contributed by atoms with Crippen LogP contribution in [0.4, 0.5) is 0 Å². The molecule has 0 N–H and O–H groups in total. The molecule has 0 aromatic heterocycles. The van der Waals surface area contributed by atoms with Crippen LogP contribution in [-0.4, -0.2) is 62.0 Å². The number of nitrogens with zero attached hydrogens (tertiary/aromatic N) is 1. The largest absolute Gasteiger partial charge is 0.748 e. The normalized spacial score (nSPS) is 13.1. The van der Waals surface area contributed by atoms with Crippen molar-refractivity contribution in [2.24, 2.45) is 5.41 Å². The number of likely N-dealkylation sites (N-methyl/N-ethyl adjacent to an activating group) is 1. The number of carbonyl (C=O) groups excluding carboxylic acids is 1. The first-order chi connectivity index (χ1) is 10.5. The Balaban J connectivity index is 4.41. The van der Waals surface area contributed by atoms with Crippen molar-refractivity contribution in [1.82, 2.24) is 0 Å². The van der Waals surface area contributed by atoms with E-state index in [1.807, 2.05) is 20.8 Å². The summed E-state index contributed by atoms with van der Waals surface area (Å²) in [5, 5.41) is 0. The topological polar surface area (TPSA) is 83.5 Å². The smallest absolute Gasteiger partial charge is 0.311 e. The van der Waals surface area contributed by atoms with Gasteiger partial charge in [-0.3, -0.25) is 4.79 Å². The second-order valence-electron chi connectivity index (χ2n) is 6.76. The third-order valence-electron chi connectivity index (χ3n) is 4.85. The number of rotatable bonds is 12. The maximum Gasteiger partial charge on any atom is 0.311 e. The first-order valence-corrected chi connectivity index (χ1v) is 10.1. The SMILES string of the molecule is CCC(C)(C)C(=O)OCC[N+](CC)(CC)CCCCS(=O)(=O)[O-]. The lowest BCUT2D eigenvalue weighted by Crippen LogP contribution is -2.50. The zero-order chi connectivity index (χ0) is 18.1. The number of hydrogen-bond donors (Lipinski definition) is 0. The average molecular weight is 352 g/mol. The van der Waals surface area contributed by atoms with Crippen molar-refractivity contribution in [2.75, 3.05) is 38.5 Å². The molecule has 0 aliphatic heterocycles. The van der Waals surface area contributed by atoms with Gasteiger partial charge in [-0.05, 0) is 47.0 Å². The molecule has 0 rings (SSSR count). The minimum absolute atomic E-state index is 0.178. The highest BCUT2D eigenvalue weighted by Crippen LogP contribution is 2.21. The number of ether oxygens (including phenoxy) is 1. The summed E-state index contributed by atoms with van der Waals surface area (Å²) in [6.07, 6.45) is 1.79. The number of hydrogen-bond acceptors (Lipinski definition) is 5. The quantitative estimate of drug-likeness (QED) is 0.233. The summed E-state index contributed by atoms with van der Waals surface area (Å²) in [5.41, 5.74) is -0.462. The highest BCUT2D eigenvalue weighted by atomic mass is 32.2. The van der Waals surface area contributed by atoms with Gasteiger partial charge in [0.25, 0.3) is 0 Å². The van der Waals surface area contributed by atoms with E-state index in [4.69, 9.17) is 4.74 Å². The fourth-order valence-electron chi connectivity index (χ4n) is 2.37. The van der Waals surface area contributed by atoms with E-state index in [0.717, 1.165) is 30.5 Å². The van der Waals surface area contributed by atoms with Crippen LogP contribution in [0.25, 0.3) is 0 Å². The predicted molar refractivity (Wildman–Crippen MR) is 89.9 cm³/mol. The third kappa shape index (κ3) is 8.67. The van der Waals surface area contributed by atoms with Gasteiger partial charge in [0.05, 0.1) is 35.2 Å². The van der Waals surface area contributed by atoms with Crippen LogP contribution in [0.15, 0.2) is 0 Å². The molecule has 0 aliphatic carbocycles. The van der Waals surface area contributed by atoms with Crippen LogP contribution in [0.1, 0.15) is 53.9 Å². The molecule has 0 saturated carbocycles. The molecule has 138 valence electrons. The highest BCUT2D eigenvalue weighted by molar-refractivity contribution is 7.85. The van der Waals surface area contributed by atoms with Crippen molar-refractivity contribution in [2.45, 2.75) is 53.9 Å². The first-order valence-electron chi connectivity index (χ1n) is 8.48. The fourth-order valence-corrected chi connectivity index (χ4v) is 2.92. The monoisotopic (exact) mass is 351 g/mol. The molecule has 0 bridgehead atoms. The Labute approximate surface area is 141 Å². The van der Waals surface area contributed by atoms with Gasteiger partial charge < -0.3 is 13.8 Å². The Morgan fingerprint density at radius 2 is 1.65 bits per heavy atom. The molecule has 23 heavy (non-hydrogen) atoms. The summed E-state index contributed by atoms with van der Waals surface area (Å²) in [7, 11) is -4.13. The Hall–Kier alpha value is -0.660. The number of unbranched alkanes of at least 4 members (excludes halogenated alkanes) is 1. The van der Waals surface area contributed by atoms with Crippen molar-refractivity contribution in [3.05, 3.63) is 0 Å². The van der Waals surface area contributed by atoms with E-state index in [2.05, 4.69) is 13.8 Å². The Kier molecular flexibility index (Phi) is 9.32. The number of carbonyl (C=O) groups is 1. The van der Waals surface area contributed by atoms with Crippen LogP contribution in [0.3, 0.4) is 0 Å². The van der Waals surface area contributed by atoms with E-state index in [0.29, 0.717) is 26.0 Å². The Morgan fingerprint density at radius 3 is 2.09 bits per heavy atom. The Bertz CT molecular complexity index is 455. The molecule has 7 heteroatoms. The number of esters is 1. The maximum absolute atomic E-state index is 12.0. The van der Waals surface area contributed by atoms with Crippen LogP contribution in [0, 0.1) is 5.41 Å². The van der Waals surface area contributed by atoms with Crippen LogP contribution >= 0.6 is 0 Å². The minimum atomic E-state index is -4.13. The lowest BCUT2D eigenvalue weighted by molar-refractivity contribution is -0.925. The molecular formula is C16H33NO5S. The average Bonchev–Trinajstić information content (AvgIpc) is 2.48. The molecule has 0 fully saturated rings. The number of quaternary nitrogens is 1. The van der Waals surface area contributed by atoms with Gasteiger partial charge in [0, 0.05) is 5.75 Å². The van der Waals surface area contributed by atoms with Crippen LogP contribution in [0.2, 0.25) is 0 Å². The van der Waals surface area contributed by atoms with Crippen LogP contribution in [0.5, 0.6) is 0 Å². The standard InChI is InChI=1S/C16H33NO5S/c1-6-16(4,5)15(18)22-13-12-17(7-2,8-3)11-9-10-14-23(19,20)21/h6-14H2,1-5H3. The van der Waals surface area contributed by atoms with Crippen molar-refractivity contribution >= 4 is 16.1 Å². The Morgan fingerprint density at radius 1 is 1.09 bits per heavy atom. The van der Waals surface area contributed by atoms with Crippen LogP contribution in [-0.2, 0) is 19.6 Å². The van der Waals surface area contributed by atoms with Gasteiger partial charge in [-0.1, -0.05) is 6.92 Å². The molecule has 0 atom stereocenters. The summed E-state index contributed by atoms with van der Waals surface area (Å²) < 4.78 is 38.1. The molecule has 0 unspecified atom stereocenters. The summed E-state index contributed by atoms with van der Waals surface area (Å²) in [6.45, 7) is 13.5. The first kappa shape index (κ1) is 22.3. The molecule has 0 saturated heterocycles. The fraction of sp³-hybridized carbons (Fsp3) is 0.938. The van der Waals surface area contributed by atoms with Gasteiger partial charge >= 0.3 is 5.97 Å². The maximum atomic E-state index is 12.0. The summed E-state index contributed by atoms with van der Waals surface area (Å²) in [5.74, 6) is -0.483. The van der Waals surface area contributed by atoms with Gasteiger partial charge in [0.1, 0.15) is 13.2 Å². The van der Waals surface area contributed by atoms with Crippen molar-refractivity contribution in [3.63, 3.8) is 0 Å². The molecule has 0 aromatic carbocycles. The van der Waals surface area contributed by atoms with E-state index in [1.54, 1.807) is 0 Å². The molecule has 0 spiro atoms. The third-order valence-corrected chi connectivity index (χ3v) is 5.64. The summed E-state index contributed by atoms with van der Waals surface area (Å²) in [6, 6.07) is 0. The van der Waals surface area contributed by atoms with E-state index in [1.165, 1.54) is 0 Å². The van der Waals surface area contributed by atoms with E-state index >= 15 is 0 Å². The second-order valence-corrected chi connectivity index (χ2v) is 8.29. The minimum Gasteiger partial charge on any atom is -0.748 e. The lowest BCUT2D eigenvalue weighted by Gasteiger charge is -2.37. The van der Waals surface area contributed by atoms with E-state index in [9.17, 15) is 17.8 Å². The molecule has 6 nitrogen and oxygen atoms in total. The molecular weight excluding hydrogens is 318 g/mol. The second kappa shape index (κ2) is 9.59. The van der Waals surface area contributed by atoms with Crippen molar-refractivity contribution < 1.29 is 27.0 Å². The van der Waals surface area contributed by atoms with Crippen LogP contribution < -0.4 is 0 Å². The molecule has 0 amide bonds. The van der Waals surface area contributed by atoms with Gasteiger partial charge in [0.2, 0.25) is 0 Å². The van der Waals surface area contributed by atoms with E-state index < -0.39 is 15.5 Å². The van der Waals surface area contributed by atoms with Gasteiger partial charge in [-0.25, -0.2) is 8.42 Å². The predicted octanol–water partition coefficient (Wildman–Crippen LogP) is 2.15. The molecule has 0 heterocycles. The van der Waals surface area contributed by atoms with Crippen molar-refractivity contribution in [3.8, 4) is 0 Å². The van der Waals surface area contributed by atoms with Gasteiger partial charge in [0.15, 0.2) is 0 Å². The highest BCUT2D eigenvalue weighted by Gasteiger charge is 2.29. The molecule has 0 aliphatic rings. The van der Waals surface area contributed by atoms with Gasteiger partial charge in [-0.15, -0.1) is 0 Å². The van der Waals surface area contributed by atoms with Crippen molar-refractivity contribution in [1.29, 1.82) is 0 Å². The summed E-state index contributed by atoms with van der Waals surface area (Å²) >= 11 is 0. The van der Waals surface area contributed by atoms with Gasteiger partial charge in [-0.2, -0.15) is 0 Å². The van der Waals surface area contributed by atoms with E-state index in [-0.39, 0.29) is 11.7 Å². The zero-order valence-electron chi connectivity index (χ0n) is 15.3.